The summed E-state index contributed by atoms with van der Waals surface area (Å²) in [6.07, 6.45) is 3.57. The van der Waals surface area contributed by atoms with Crippen LogP contribution in [0.4, 0.5) is 0 Å². The molecule has 1 saturated heterocycles. The first kappa shape index (κ1) is 12.4. The van der Waals surface area contributed by atoms with E-state index in [0.29, 0.717) is 12.3 Å². The summed E-state index contributed by atoms with van der Waals surface area (Å²) in [4.78, 5) is 14.0. The predicted octanol–water partition coefficient (Wildman–Crippen LogP) is 2.85. The largest absolute Gasteiger partial charge is 0.339 e. The Balaban J connectivity index is 1.85. The second-order valence-corrected chi connectivity index (χ2v) is 4.83. The lowest BCUT2D eigenvalue weighted by Gasteiger charge is -2.22. The number of hydrogen-bond acceptors (Lipinski definition) is 1. The minimum Gasteiger partial charge on any atom is -0.339 e. The van der Waals surface area contributed by atoms with Gasteiger partial charge in [0, 0.05) is 24.9 Å². The van der Waals surface area contributed by atoms with Gasteiger partial charge in [-0.3, -0.25) is 4.79 Å². The molecule has 2 nitrogen and oxygen atoms in total. The average Bonchev–Trinajstić information content (AvgIpc) is 2.85. The highest BCUT2D eigenvalue weighted by Gasteiger charge is 2.27. The first-order chi connectivity index (χ1) is 8.31. The van der Waals surface area contributed by atoms with Crippen LogP contribution in [0.25, 0.3) is 0 Å². The van der Waals surface area contributed by atoms with Gasteiger partial charge in [0.1, 0.15) is 0 Å². The van der Waals surface area contributed by atoms with Crippen molar-refractivity contribution in [1.82, 2.24) is 4.90 Å². The second-order valence-electron chi connectivity index (χ2n) is 4.52. The summed E-state index contributed by atoms with van der Waals surface area (Å²) in [5.41, 5.74) is 1.22. The third-order valence-corrected chi connectivity index (χ3v) is 3.70. The maximum atomic E-state index is 12.1. The molecule has 17 heavy (non-hydrogen) atoms. The Labute approximate surface area is 108 Å². The zero-order chi connectivity index (χ0) is 12.1. The minimum absolute atomic E-state index is 0.247. The number of carbonyl (C=O) groups excluding carboxylic acids is 1. The van der Waals surface area contributed by atoms with Gasteiger partial charge in [0.2, 0.25) is 5.91 Å². The number of halogens is 1. The zero-order valence-electron chi connectivity index (χ0n) is 9.94. The van der Waals surface area contributed by atoms with Crippen molar-refractivity contribution in [2.45, 2.75) is 31.7 Å². The molecule has 1 fully saturated rings. The van der Waals surface area contributed by atoms with Gasteiger partial charge in [-0.2, -0.15) is 0 Å². The number of hydrogen-bond donors (Lipinski definition) is 0. The lowest BCUT2D eigenvalue weighted by molar-refractivity contribution is -0.131. The molecular formula is C14H18ClNO. The van der Waals surface area contributed by atoms with Gasteiger partial charge in [-0.05, 0) is 24.8 Å². The van der Waals surface area contributed by atoms with Gasteiger partial charge in [0.15, 0.2) is 0 Å². The van der Waals surface area contributed by atoms with Crippen LogP contribution < -0.4 is 0 Å². The minimum atomic E-state index is 0.247. The molecule has 1 heterocycles. The number of benzene rings is 1. The highest BCUT2D eigenvalue weighted by molar-refractivity contribution is 6.18. The second kappa shape index (κ2) is 6.06. The van der Waals surface area contributed by atoms with E-state index in [1.54, 1.807) is 0 Å². The SMILES string of the molecule is O=C(CCc1ccccc1)N1CCC[C@H]1CCl. The predicted molar refractivity (Wildman–Crippen MR) is 70.2 cm³/mol. The molecule has 0 saturated carbocycles. The van der Waals surface area contributed by atoms with Crippen molar-refractivity contribution in [3.8, 4) is 0 Å². The van der Waals surface area contributed by atoms with Crippen LogP contribution in [0, 0.1) is 0 Å². The van der Waals surface area contributed by atoms with Crippen LogP contribution in [0.3, 0.4) is 0 Å². The van der Waals surface area contributed by atoms with Gasteiger partial charge in [-0.15, -0.1) is 11.6 Å². The van der Waals surface area contributed by atoms with E-state index < -0.39 is 0 Å². The monoisotopic (exact) mass is 251 g/mol. The summed E-state index contributed by atoms with van der Waals surface area (Å²) in [7, 11) is 0. The van der Waals surface area contributed by atoms with Gasteiger partial charge in [0.05, 0.1) is 0 Å². The fourth-order valence-corrected chi connectivity index (χ4v) is 2.68. The Morgan fingerprint density at radius 1 is 1.35 bits per heavy atom. The molecule has 1 aliphatic rings. The van der Waals surface area contributed by atoms with E-state index in [0.717, 1.165) is 25.8 Å². The van der Waals surface area contributed by atoms with Crippen molar-refractivity contribution in [3.05, 3.63) is 35.9 Å². The van der Waals surface area contributed by atoms with Crippen LogP contribution in [0.2, 0.25) is 0 Å². The average molecular weight is 252 g/mol. The third kappa shape index (κ3) is 3.22. The first-order valence-electron chi connectivity index (χ1n) is 6.20. The normalized spacial score (nSPS) is 19.6. The number of rotatable bonds is 4. The maximum absolute atomic E-state index is 12.1. The van der Waals surface area contributed by atoms with Crippen LogP contribution >= 0.6 is 11.6 Å². The number of carbonyl (C=O) groups is 1. The zero-order valence-corrected chi connectivity index (χ0v) is 10.7. The molecular weight excluding hydrogens is 234 g/mol. The Morgan fingerprint density at radius 3 is 2.82 bits per heavy atom. The van der Waals surface area contributed by atoms with E-state index in [1.807, 2.05) is 23.1 Å². The van der Waals surface area contributed by atoms with E-state index in [2.05, 4.69) is 12.1 Å². The number of aryl methyl sites for hydroxylation is 1. The summed E-state index contributed by atoms with van der Waals surface area (Å²) in [5, 5.41) is 0. The molecule has 0 N–H and O–H groups in total. The van der Waals surface area contributed by atoms with Crippen LogP contribution in [-0.2, 0) is 11.2 Å². The molecule has 2 rings (SSSR count). The van der Waals surface area contributed by atoms with E-state index in [1.165, 1.54) is 5.56 Å². The molecule has 1 atom stereocenters. The van der Waals surface area contributed by atoms with Crippen molar-refractivity contribution in [2.75, 3.05) is 12.4 Å². The van der Waals surface area contributed by atoms with Gasteiger partial charge in [0.25, 0.3) is 0 Å². The fraction of sp³-hybridized carbons (Fsp3) is 0.500. The van der Waals surface area contributed by atoms with E-state index in [-0.39, 0.29) is 11.9 Å². The molecule has 3 heteroatoms. The van der Waals surface area contributed by atoms with Crippen LogP contribution in [0.15, 0.2) is 30.3 Å². The number of likely N-dealkylation sites (tertiary alicyclic amines) is 1. The maximum Gasteiger partial charge on any atom is 0.223 e. The summed E-state index contributed by atoms with van der Waals surface area (Å²) in [5.74, 6) is 0.814. The molecule has 92 valence electrons. The molecule has 0 radical (unpaired) electrons. The molecule has 0 unspecified atom stereocenters. The Morgan fingerprint density at radius 2 is 2.12 bits per heavy atom. The standard InChI is InChI=1S/C14H18ClNO/c15-11-13-7-4-10-16(13)14(17)9-8-12-5-2-1-3-6-12/h1-3,5-6,13H,4,7-11H2/t13-/m0/s1. The number of alkyl halides is 1. The van der Waals surface area contributed by atoms with Crippen molar-refractivity contribution >= 4 is 17.5 Å². The summed E-state index contributed by atoms with van der Waals surface area (Å²) < 4.78 is 0. The van der Waals surface area contributed by atoms with Gasteiger partial charge >= 0.3 is 0 Å². The van der Waals surface area contributed by atoms with Crippen molar-refractivity contribution in [3.63, 3.8) is 0 Å². The molecule has 1 aromatic rings. The summed E-state index contributed by atoms with van der Waals surface area (Å²) in [6, 6.07) is 10.4. The fourth-order valence-electron chi connectivity index (χ4n) is 2.36. The van der Waals surface area contributed by atoms with Crippen molar-refractivity contribution in [1.29, 1.82) is 0 Å². The van der Waals surface area contributed by atoms with Crippen LogP contribution in [0.5, 0.6) is 0 Å². The molecule has 1 aliphatic heterocycles. The van der Waals surface area contributed by atoms with Gasteiger partial charge in [-0.25, -0.2) is 0 Å². The summed E-state index contributed by atoms with van der Waals surface area (Å²) in [6.45, 7) is 0.880. The molecule has 1 aromatic carbocycles. The highest BCUT2D eigenvalue weighted by atomic mass is 35.5. The van der Waals surface area contributed by atoms with Crippen LogP contribution in [0.1, 0.15) is 24.8 Å². The molecule has 0 aromatic heterocycles. The smallest absolute Gasteiger partial charge is 0.223 e. The van der Waals surface area contributed by atoms with E-state index in [4.69, 9.17) is 11.6 Å². The highest BCUT2D eigenvalue weighted by Crippen LogP contribution is 2.19. The molecule has 0 aliphatic carbocycles. The Hall–Kier alpha value is -1.02. The van der Waals surface area contributed by atoms with Crippen molar-refractivity contribution in [2.24, 2.45) is 0 Å². The summed E-state index contributed by atoms with van der Waals surface area (Å²) >= 11 is 5.87. The van der Waals surface area contributed by atoms with Gasteiger partial charge < -0.3 is 4.90 Å². The van der Waals surface area contributed by atoms with E-state index >= 15 is 0 Å². The quantitative estimate of drug-likeness (QED) is 0.754. The topological polar surface area (TPSA) is 20.3 Å². The van der Waals surface area contributed by atoms with Gasteiger partial charge in [-0.1, -0.05) is 30.3 Å². The lowest BCUT2D eigenvalue weighted by atomic mass is 10.1. The lowest BCUT2D eigenvalue weighted by Crippen LogP contribution is -2.36. The number of nitrogens with zero attached hydrogens (tertiary/aromatic N) is 1. The van der Waals surface area contributed by atoms with Crippen LogP contribution in [-0.4, -0.2) is 29.3 Å². The first-order valence-corrected chi connectivity index (χ1v) is 6.74. The third-order valence-electron chi connectivity index (χ3n) is 3.35. The number of amides is 1. The molecule has 0 spiro atoms. The Kier molecular flexibility index (Phi) is 4.43. The van der Waals surface area contributed by atoms with Crippen molar-refractivity contribution < 1.29 is 4.79 Å². The van der Waals surface area contributed by atoms with E-state index in [9.17, 15) is 4.79 Å². The molecule has 1 amide bonds. The Bertz CT molecular complexity index is 366. The molecule has 0 bridgehead atoms.